The van der Waals surface area contributed by atoms with Crippen LogP contribution in [0, 0.1) is 6.92 Å². The number of carbonyl (C=O) groups is 1. The number of aromatic nitrogens is 2. The summed E-state index contributed by atoms with van der Waals surface area (Å²) in [6, 6.07) is 3.34. The summed E-state index contributed by atoms with van der Waals surface area (Å²) in [5, 5.41) is 12.0. The number of hydrogen-bond donors (Lipinski definition) is 2. The second-order valence-electron chi connectivity index (χ2n) is 4.58. The maximum absolute atomic E-state index is 12.3. The topological polar surface area (TPSA) is 75.9 Å². The number of nitrogens with one attached hydrogen (secondary N) is 1. The Bertz CT molecular complexity index is 617. The molecule has 6 heteroatoms. The van der Waals surface area contributed by atoms with Crippen molar-refractivity contribution in [1.82, 2.24) is 14.7 Å². The number of pyridine rings is 1. The van der Waals surface area contributed by atoms with E-state index in [1.807, 2.05) is 6.92 Å². The molecule has 2 N–H and O–H groups in total. The van der Waals surface area contributed by atoms with Crippen molar-refractivity contribution in [3.8, 4) is 5.75 Å². The van der Waals surface area contributed by atoms with E-state index in [9.17, 15) is 9.90 Å². The summed E-state index contributed by atoms with van der Waals surface area (Å²) in [6.07, 6.45) is 2.44. The summed E-state index contributed by atoms with van der Waals surface area (Å²) >= 11 is 0. The van der Waals surface area contributed by atoms with Gasteiger partial charge in [0.05, 0.1) is 25.5 Å². The number of amides is 1. The smallest absolute Gasteiger partial charge is 0.270 e. The molecule has 1 atom stereocenters. The van der Waals surface area contributed by atoms with Gasteiger partial charge in [0.1, 0.15) is 5.69 Å². The third kappa shape index (κ3) is 2.46. The van der Waals surface area contributed by atoms with Gasteiger partial charge in [-0.1, -0.05) is 6.92 Å². The van der Waals surface area contributed by atoms with Gasteiger partial charge in [-0.05, 0) is 25.5 Å². The number of ether oxygens (including phenoxy) is 1. The third-order valence-electron chi connectivity index (χ3n) is 3.27. The van der Waals surface area contributed by atoms with Crippen LogP contribution < -0.4 is 10.1 Å². The van der Waals surface area contributed by atoms with Crippen LogP contribution in [0.2, 0.25) is 0 Å². The highest BCUT2D eigenvalue weighted by molar-refractivity contribution is 5.95. The predicted molar refractivity (Wildman–Crippen MR) is 75.1 cm³/mol. The molecule has 20 heavy (non-hydrogen) atoms. The average Bonchev–Trinajstić information content (AvgIpc) is 2.80. The highest BCUT2D eigenvalue weighted by atomic mass is 16.5. The van der Waals surface area contributed by atoms with Crippen molar-refractivity contribution in [2.45, 2.75) is 26.3 Å². The van der Waals surface area contributed by atoms with E-state index >= 15 is 0 Å². The van der Waals surface area contributed by atoms with Crippen molar-refractivity contribution >= 4 is 11.6 Å². The summed E-state index contributed by atoms with van der Waals surface area (Å²) in [5.74, 6) is 0.369. The molecular weight excluding hydrogens is 258 g/mol. The molecule has 0 saturated carbocycles. The van der Waals surface area contributed by atoms with Crippen LogP contribution in [0.15, 0.2) is 18.3 Å². The van der Waals surface area contributed by atoms with E-state index in [1.165, 1.54) is 0 Å². The largest absolute Gasteiger partial charge is 0.493 e. The minimum Gasteiger partial charge on any atom is -0.493 e. The van der Waals surface area contributed by atoms with Crippen LogP contribution in [0.3, 0.4) is 0 Å². The van der Waals surface area contributed by atoms with Gasteiger partial charge in [-0.15, -0.1) is 0 Å². The van der Waals surface area contributed by atoms with Gasteiger partial charge in [0.15, 0.2) is 11.4 Å². The molecule has 2 aromatic heterocycles. The van der Waals surface area contributed by atoms with Crippen LogP contribution in [0.5, 0.6) is 5.75 Å². The standard InChI is InChI=1S/C14H19N3O3/c1-4-10(8-18)16-14(19)12-9(2)15-13-11(20-3)6-5-7-17(12)13/h5-7,10,18H,4,8H2,1-3H3,(H,16,19). The van der Waals surface area contributed by atoms with Crippen molar-refractivity contribution in [2.24, 2.45) is 0 Å². The predicted octanol–water partition coefficient (Wildman–Crippen LogP) is 1.15. The van der Waals surface area contributed by atoms with Gasteiger partial charge in [0.2, 0.25) is 0 Å². The molecule has 0 radical (unpaired) electrons. The lowest BCUT2D eigenvalue weighted by atomic mass is 10.2. The maximum atomic E-state index is 12.3. The molecule has 2 rings (SSSR count). The zero-order valence-electron chi connectivity index (χ0n) is 11.9. The number of rotatable bonds is 5. The number of nitrogens with zero attached hydrogens (tertiary/aromatic N) is 2. The molecule has 1 unspecified atom stereocenters. The number of aliphatic hydroxyl groups excluding tert-OH is 1. The van der Waals surface area contributed by atoms with Crippen LogP contribution in [0.25, 0.3) is 5.65 Å². The van der Waals surface area contributed by atoms with E-state index in [-0.39, 0.29) is 18.6 Å². The minimum absolute atomic E-state index is 0.0820. The highest BCUT2D eigenvalue weighted by Gasteiger charge is 2.20. The Balaban J connectivity index is 2.44. The summed E-state index contributed by atoms with van der Waals surface area (Å²) < 4.78 is 6.95. The molecular formula is C14H19N3O3. The van der Waals surface area contributed by atoms with Crippen LogP contribution in [-0.2, 0) is 0 Å². The average molecular weight is 277 g/mol. The number of aliphatic hydroxyl groups is 1. The highest BCUT2D eigenvalue weighted by Crippen LogP contribution is 2.21. The fourth-order valence-electron chi connectivity index (χ4n) is 2.12. The van der Waals surface area contributed by atoms with Gasteiger partial charge in [0, 0.05) is 6.20 Å². The van der Waals surface area contributed by atoms with E-state index in [1.54, 1.807) is 36.8 Å². The monoisotopic (exact) mass is 277 g/mol. The molecule has 0 aliphatic rings. The van der Waals surface area contributed by atoms with Crippen molar-refractivity contribution in [3.05, 3.63) is 29.7 Å². The Morgan fingerprint density at radius 1 is 1.60 bits per heavy atom. The molecule has 1 amide bonds. The van der Waals surface area contributed by atoms with Gasteiger partial charge < -0.3 is 15.2 Å². The minimum atomic E-state index is -0.252. The molecule has 0 aromatic carbocycles. The van der Waals surface area contributed by atoms with Crippen molar-refractivity contribution in [1.29, 1.82) is 0 Å². The molecule has 0 spiro atoms. The zero-order chi connectivity index (χ0) is 14.7. The second-order valence-corrected chi connectivity index (χ2v) is 4.58. The van der Waals surface area contributed by atoms with Crippen LogP contribution in [0.4, 0.5) is 0 Å². The first-order valence-electron chi connectivity index (χ1n) is 6.55. The summed E-state index contributed by atoms with van der Waals surface area (Å²) in [7, 11) is 1.57. The quantitative estimate of drug-likeness (QED) is 0.859. The van der Waals surface area contributed by atoms with Crippen molar-refractivity contribution in [2.75, 3.05) is 13.7 Å². The zero-order valence-corrected chi connectivity index (χ0v) is 11.9. The fraction of sp³-hybridized carbons (Fsp3) is 0.429. The summed E-state index contributed by atoms with van der Waals surface area (Å²) in [6.45, 7) is 3.61. The first-order chi connectivity index (χ1) is 9.62. The Morgan fingerprint density at radius 2 is 2.35 bits per heavy atom. The first-order valence-corrected chi connectivity index (χ1v) is 6.55. The number of fused-ring (bicyclic) bond motifs is 1. The molecule has 0 bridgehead atoms. The molecule has 0 aliphatic carbocycles. The van der Waals surface area contributed by atoms with E-state index in [2.05, 4.69) is 10.3 Å². The van der Waals surface area contributed by atoms with E-state index in [0.717, 1.165) is 0 Å². The maximum Gasteiger partial charge on any atom is 0.270 e. The van der Waals surface area contributed by atoms with Gasteiger partial charge in [-0.2, -0.15) is 0 Å². The van der Waals surface area contributed by atoms with E-state index in [4.69, 9.17) is 4.74 Å². The number of imidazole rings is 1. The van der Waals surface area contributed by atoms with Crippen molar-refractivity contribution < 1.29 is 14.6 Å². The Morgan fingerprint density at radius 3 is 2.95 bits per heavy atom. The molecule has 0 saturated heterocycles. The SMILES string of the molecule is CCC(CO)NC(=O)c1c(C)nc2c(OC)cccn12. The van der Waals surface area contributed by atoms with Gasteiger partial charge in [-0.25, -0.2) is 4.98 Å². The first kappa shape index (κ1) is 14.3. The lowest BCUT2D eigenvalue weighted by Crippen LogP contribution is -2.37. The third-order valence-corrected chi connectivity index (χ3v) is 3.27. The Labute approximate surface area is 117 Å². The van der Waals surface area contributed by atoms with Crippen LogP contribution >= 0.6 is 0 Å². The molecule has 0 aliphatic heterocycles. The van der Waals surface area contributed by atoms with Gasteiger partial charge >= 0.3 is 0 Å². The van der Waals surface area contributed by atoms with Crippen molar-refractivity contribution in [3.63, 3.8) is 0 Å². The fourth-order valence-corrected chi connectivity index (χ4v) is 2.12. The number of aryl methyl sites for hydroxylation is 1. The normalized spacial score (nSPS) is 12.4. The summed E-state index contributed by atoms with van der Waals surface area (Å²) in [5.41, 5.74) is 1.69. The van der Waals surface area contributed by atoms with E-state index in [0.29, 0.717) is 29.2 Å². The molecule has 108 valence electrons. The molecule has 0 fully saturated rings. The number of hydrogen-bond acceptors (Lipinski definition) is 4. The lowest BCUT2D eigenvalue weighted by Gasteiger charge is -2.14. The molecule has 2 heterocycles. The Hall–Kier alpha value is -2.08. The number of methoxy groups -OCH3 is 1. The van der Waals surface area contributed by atoms with E-state index < -0.39 is 0 Å². The summed E-state index contributed by atoms with van der Waals surface area (Å²) in [4.78, 5) is 16.7. The van der Waals surface area contributed by atoms with Gasteiger partial charge in [0.25, 0.3) is 5.91 Å². The van der Waals surface area contributed by atoms with Gasteiger partial charge in [-0.3, -0.25) is 9.20 Å². The van der Waals surface area contributed by atoms with Crippen LogP contribution in [-0.4, -0.2) is 40.2 Å². The van der Waals surface area contributed by atoms with Crippen LogP contribution in [0.1, 0.15) is 29.5 Å². The lowest BCUT2D eigenvalue weighted by molar-refractivity contribution is 0.0908. The Kier molecular flexibility index (Phi) is 4.24. The second kappa shape index (κ2) is 5.92. The molecule has 6 nitrogen and oxygen atoms in total. The number of carbonyl (C=O) groups excluding carboxylic acids is 1. The molecule has 2 aromatic rings.